The molecule has 1 aliphatic heterocycles. The van der Waals surface area contributed by atoms with Crippen LogP contribution in [0, 0.1) is 6.92 Å². The third-order valence-corrected chi connectivity index (χ3v) is 5.85. The van der Waals surface area contributed by atoms with E-state index < -0.39 is 0 Å². The van der Waals surface area contributed by atoms with Gasteiger partial charge in [0.05, 0.1) is 11.7 Å². The fraction of sp³-hybridized carbons (Fsp3) is 0.318. The molecule has 0 spiro atoms. The Balaban J connectivity index is 0.00000205. The van der Waals surface area contributed by atoms with Crippen molar-refractivity contribution in [1.82, 2.24) is 20.3 Å². The number of halogens is 1. The van der Waals surface area contributed by atoms with E-state index in [1.54, 1.807) is 0 Å². The summed E-state index contributed by atoms with van der Waals surface area (Å²) in [5.41, 5.74) is 7.15. The Morgan fingerprint density at radius 2 is 1.86 bits per heavy atom. The summed E-state index contributed by atoms with van der Waals surface area (Å²) >= 11 is 0. The van der Waals surface area contributed by atoms with E-state index >= 15 is 0 Å². The standard InChI is InChI=1S/C22H23N5O.ClH/c1-14-21(25-26-27(14)18-8-10-23-11-9-18)22(28)24-17-6-7-20-16(13-17)12-15-4-2-3-5-19(15)20;/h2-7,13,18,23H,8-12H2,1H3,(H,24,28);1H. The molecule has 2 heterocycles. The number of nitrogens with zero attached hydrogens (tertiary/aromatic N) is 3. The van der Waals surface area contributed by atoms with E-state index in [0.29, 0.717) is 11.7 Å². The Labute approximate surface area is 176 Å². The van der Waals surface area contributed by atoms with Crippen molar-refractivity contribution in [1.29, 1.82) is 0 Å². The van der Waals surface area contributed by atoms with Crippen molar-refractivity contribution in [3.05, 3.63) is 65.0 Å². The maximum absolute atomic E-state index is 12.8. The van der Waals surface area contributed by atoms with Crippen LogP contribution in [0.4, 0.5) is 5.69 Å². The van der Waals surface area contributed by atoms with Crippen molar-refractivity contribution in [2.24, 2.45) is 0 Å². The number of hydrogen-bond donors (Lipinski definition) is 2. The fourth-order valence-corrected chi connectivity index (χ4v) is 4.36. The summed E-state index contributed by atoms with van der Waals surface area (Å²) in [5, 5.41) is 14.8. The van der Waals surface area contributed by atoms with Crippen molar-refractivity contribution < 1.29 is 4.79 Å². The molecule has 1 aromatic heterocycles. The second-order valence-electron chi connectivity index (χ2n) is 7.61. The number of rotatable bonds is 3. The first-order chi connectivity index (χ1) is 13.7. The van der Waals surface area contributed by atoms with Gasteiger partial charge in [-0.25, -0.2) is 4.68 Å². The van der Waals surface area contributed by atoms with Crippen LogP contribution in [0.2, 0.25) is 0 Å². The molecule has 1 saturated heterocycles. The van der Waals surface area contributed by atoms with Crippen LogP contribution in [-0.2, 0) is 6.42 Å². The highest BCUT2D eigenvalue weighted by atomic mass is 35.5. The van der Waals surface area contributed by atoms with E-state index in [1.165, 1.54) is 22.3 Å². The molecule has 1 aliphatic carbocycles. The number of hydrogen-bond acceptors (Lipinski definition) is 4. The smallest absolute Gasteiger partial charge is 0.278 e. The monoisotopic (exact) mass is 409 g/mol. The molecule has 5 rings (SSSR count). The highest BCUT2D eigenvalue weighted by Gasteiger charge is 2.23. The van der Waals surface area contributed by atoms with Gasteiger partial charge in [0.25, 0.3) is 5.91 Å². The van der Waals surface area contributed by atoms with E-state index in [9.17, 15) is 4.79 Å². The second kappa shape index (κ2) is 7.97. The molecule has 0 radical (unpaired) electrons. The first-order valence-electron chi connectivity index (χ1n) is 9.86. The van der Waals surface area contributed by atoms with Gasteiger partial charge in [0.2, 0.25) is 0 Å². The number of carbonyl (C=O) groups is 1. The van der Waals surface area contributed by atoms with Gasteiger partial charge in [0, 0.05) is 5.69 Å². The lowest BCUT2D eigenvalue weighted by Gasteiger charge is -2.23. The maximum atomic E-state index is 12.8. The Bertz CT molecular complexity index is 1060. The first kappa shape index (κ1) is 19.6. The lowest BCUT2D eigenvalue weighted by molar-refractivity contribution is 0.102. The molecule has 0 atom stereocenters. The SMILES string of the molecule is Cc1c(C(=O)Nc2ccc3c(c2)Cc2ccccc2-3)nnn1C1CCNCC1.Cl. The highest BCUT2D eigenvalue weighted by Crippen LogP contribution is 2.37. The van der Waals surface area contributed by atoms with Crippen molar-refractivity contribution >= 4 is 24.0 Å². The van der Waals surface area contributed by atoms with Crippen molar-refractivity contribution in [3.63, 3.8) is 0 Å². The number of nitrogens with one attached hydrogen (secondary N) is 2. The normalized spacial score (nSPS) is 15.3. The van der Waals surface area contributed by atoms with Crippen LogP contribution in [0.3, 0.4) is 0 Å². The second-order valence-corrected chi connectivity index (χ2v) is 7.61. The van der Waals surface area contributed by atoms with Crippen LogP contribution in [0.5, 0.6) is 0 Å². The van der Waals surface area contributed by atoms with Crippen LogP contribution in [-0.4, -0.2) is 34.0 Å². The molecule has 7 heteroatoms. The predicted octanol–water partition coefficient (Wildman–Crippen LogP) is 3.76. The van der Waals surface area contributed by atoms with E-state index in [0.717, 1.165) is 43.7 Å². The molecule has 0 unspecified atom stereocenters. The van der Waals surface area contributed by atoms with Gasteiger partial charge in [0.15, 0.2) is 5.69 Å². The molecule has 2 N–H and O–H groups in total. The highest BCUT2D eigenvalue weighted by molar-refractivity contribution is 6.03. The van der Waals surface area contributed by atoms with E-state index in [1.807, 2.05) is 17.7 Å². The summed E-state index contributed by atoms with van der Waals surface area (Å²) in [6.45, 7) is 3.88. The lowest BCUT2D eigenvalue weighted by Crippen LogP contribution is -2.30. The molecule has 0 bridgehead atoms. The summed E-state index contributed by atoms with van der Waals surface area (Å²) in [6, 6.07) is 14.9. The zero-order chi connectivity index (χ0) is 19.1. The van der Waals surface area contributed by atoms with E-state index in [4.69, 9.17) is 0 Å². The Morgan fingerprint density at radius 1 is 1.10 bits per heavy atom. The molecule has 1 amide bonds. The lowest BCUT2D eigenvalue weighted by atomic mass is 10.1. The molecule has 6 nitrogen and oxygen atoms in total. The Morgan fingerprint density at radius 3 is 2.69 bits per heavy atom. The molecular weight excluding hydrogens is 386 g/mol. The maximum Gasteiger partial charge on any atom is 0.278 e. The minimum Gasteiger partial charge on any atom is -0.321 e. The number of benzene rings is 2. The van der Waals surface area contributed by atoms with Gasteiger partial charge in [-0.3, -0.25) is 4.79 Å². The van der Waals surface area contributed by atoms with Gasteiger partial charge in [-0.2, -0.15) is 0 Å². The Hall–Kier alpha value is -2.70. The summed E-state index contributed by atoms with van der Waals surface area (Å²) in [4.78, 5) is 12.8. The zero-order valence-electron chi connectivity index (χ0n) is 16.3. The molecule has 2 aliphatic rings. The molecule has 2 aromatic carbocycles. The van der Waals surface area contributed by atoms with Gasteiger partial charge >= 0.3 is 0 Å². The van der Waals surface area contributed by atoms with Crippen LogP contribution >= 0.6 is 12.4 Å². The summed E-state index contributed by atoms with van der Waals surface area (Å²) < 4.78 is 1.91. The quantitative estimate of drug-likeness (QED) is 0.540. The Kier molecular flexibility index (Phi) is 5.39. The first-order valence-corrected chi connectivity index (χ1v) is 9.86. The molecule has 3 aromatic rings. The van der Waals surface area contributed by atoms with Crippen molar-refractivity contribution in [2.45, 2.75) is 32.2 Å². The van der Waals surface area contributed by atoms with Crippen LogP contribution < -0.4 is 10.6 Å². The van der Waals surface area contributed by atoms with Gasteiger partial charge in [-0.1, -0.05) is 35.5 Å². The minimum absolute atomic E-state index is 0. The van der Waals surface area contributed by atoms with Crippen molar-refractivity contribution in [3.8, 4) is 11.1 Å². The van der Waals surface area contributed by atoms with Crippen molar-refractivity contribution in [2.75, 3.05) is 18.4 Å². The van der Waals surface area contributed by atoms with Gasteiger partial charge in [0.1, 0.15) is 0 Å². The van der Waals surface area contributed by atoms with Gasteiger partial charge in [-0.15, -0.1) is 17.5 Å². The van der Waals surface area contributed by atoms with Gasteiger partial charge in [-0.05, 0) is 73.7 Å². The van der Waals surface area contributed by atoms with E-state index in [-0.39, 0.29) is 18.3 Å². The summed E-state index contributed by atoms with van der Waals surface area (Å²) in [5.74, 6) is -0.201. The molecule has 1 fully saturated rings. The number of carbonyl (C=O) groups excluding carboxylic acids is 1. The third kappa shape index (κ3) is 3.54. The average Bonchev–Trinajstić information content (AvgIpc) is 3.28. The van der Waals surface area contributed by atoms with E-state index in [2.05, 4.69) is 57.3 Å². The number of piperidine rings is 1. The largest absolute Gasteiger partial charge is 0.321 e. The topological polar surface area (TPSA) is 71.8 Å². The minimum atomic E-state index is -0.201. The third-order valence-electron chi connectivity index (χ3n) is 5.85. The van der Waals surface area contributed by atoms with Crippen LogP contribution in [0.15, 0.2) is 42.5 Å². The summed E-state index contributed by atoms with van der Waals surface area (Å²) in [7, 11) is 0. The predicted molar refractivity (Wildman–Crippen MR) is 116 cm³/mol. The fourth-order valence-electron chi connectivity index (χ4n) is 4.36. The molecule has 29 heavy (non-hydrogen) atoms. The van der Waals surface area contributed by atoms with Gasteiger partial charge < -0.3 is 10.6 Å². The summed E-state index contributed by atoms with van der Waals surface area (Å²) in [6.07, 6.45) is 2.92. The number of anilines is 1. The molecular formula is C22H24ClN5O. The van der Waals surface area contributed by atoms with Crippen LogP contribution in [0.25, 0.3) is 11.1 Å². The number of fused-ring (bicyclic) bond motifs is 3. The zero-order valence-corrected chi connectivity index (χ0v) is 17.1. The number of aromatic nitrogens is 3. The van der Waals surface area contributed by atoms with Crippen LogP contribution in [0.1, 0.15) is 46.2 Å². The molecule has 0 saturated carbocycles. The molecule has 150 valence electrons. The number of amides is 1. The average molecular weight is 410 g/mol.